The second-order valence-electron chi connectivity index (χ2n) is 7.98. The minimum atomic E-state index is -0.650. The molecule has 1 N–H and O–H groups in total. The van der Waals surface area contributed by atoms with Crippen molar-refractivity contribution in [3.63, 3.8) is 0 Å². The van der Waals surface area contributed by atoms with Crippen LogP contribution in [0.3, 0.4) is 0 Å². The minimum absolute atomic E-state index is 0.627. The SMILES string of the molecule is CCCCCc1ccc(C2(C(=O)O)CCC(CCCCC)CC2)cc1. The number of aryl methyl sites for hydroxylation is 1. The molecule has 0 radical (unpaired) electrons. The Bertz CT molecular complexity index is 509. The van der Waals surface area contributed by atoms with Crippen LogP contribution in [0.25, 0.3) is 0 Å². The van der Waals surface area contributed by atoms with E-state index in [-0.39, 0.29) is 0 Å². The zero-order valence-corrected chi connectivity index (χ0v) is 16.2. The smallest absolute Gasteiger partial charge is 0.314 e. The van der Waals surface area contributed by atoms with Crippen molar-refractivity contribution in [1.82, 2.24) is 0 Å². The molecule has 25 heavy (non-hydrogen) atoms. The fraction of sp³-hybridized carbons (Fsp3) is 0.696. The van der Waals surface area contributed by atoms with Crippen LogP contribution in [0.1, 0.15) is 95.6 Å². The highest BCUT2D eigenvalue weighted by Gasteiger charge is 2.43. The lowest BCUT2D eigenvalue weighted by Crippen LogP contribution is -2.39. The molecule has 1 aromatic carbocycles. The highest BCUT2D eigenvalue weighted by Crippen LogP contribution is 2.43. The molecule has 0 aliphatic heterocycles. The van der Waals surface area contributed by atoms with E-state index in [0.717, 1.165) is 43.6 Å². The third-order valence-corrected chi connectivity index (χ3v) is 6.16. The van der Waals surface area contributed by atoms with Crippen molar-refractivity contribution in [3.8, 4) is 0 Å². The predicted molar refractivity (Wildman–Crippen MR) is 105 cm³/mol. The predicted octanol–water partition coefficient (Wildman–Crippen LogP) is 6.51. The molecule has 140 valence electrons. The maximum atomic E-state index is 12.1. The summed E-state index contributed by atoms with van der Waals surface area (Å²) in [6.45, 7) is 4.46. The molecule has 2 rings (SSSR count). The first kappa shape index (κ1) is 20.0. The largest absolute Gasteiger partial charge is 0.481 e. The Morgan fingerprint density at radius 3 is 2.16 bits per heavy atom. The van der Waals surface area contributed by atoms with Crippen LogP contribution < -0.4 is 0 Å². The van der Waals surface area contributed by atoms with Gasteiger partial charge in [-0.2, -0.15) is 0 Å². The fourth-order valence-electron chi connectivity index (χ4n) is 4.34. The monoisotopic (exact) mass is 344 g/mol. The van der Waals surface area contributed by atoms with Crippen molar-refractivity contribution < 1.29 is 9.90 Å². The topological polar surface area (TPSA) is 37.3 Å². The van der Waals surface area contributed by atoms with Gasteiger partial charge in [0.1, 0.15) is 0 Å². The van der Waals surface area contributed by atoms with E-state index in [4.69, 9.17) is 0 Å². The lowest BCUT2D eigenvalue weighted by molar-refractivity contribution is -0.145. The number of carboxylic acids is 1. The first-order valence-corrected chi connectivity index (χ1v) is 10.4. The van der Waals surface area contributed by atoms with Crippen LogP contribution in [0.15, 0.2) is 24.3 Å². The molecule has 0 spiro atoms. The summed E-state index contributed by atoms with van der Waals surface area (Å²) in [7, 11) is 0. The van der Waals surface area contributed by atoms with Crippen LogP contribution in [0.5, 0.6) is 0 Å². The Morgan fingerprint density at radius 1 is 1.00 bits per heavy atom. The molecule has 1 fully saturated rings. The maximum Gasteiger partial charge on any atom is 0.314 e. The van der Waals surface area contributed by atoms with Crippen LogP contribution in [0.2, 0.25) is 0 Å². The third kappa shape index (κ3) is 5.33. The van der Waals surface area contributed by atoms with E-state index in [0.29, 0.717) is 0 Å². The van der Waals surface area contributed by atoms with Gasteiger partial charge in [-0.1, -0.05) is 76.6 Å². The number of carbonyl (C=O) groups is 1. The zero-order valence-electron chi connectivity index (χ0n) is 16.2. The van der Waals surface area contributed by atoms with E-state index in [2.05, 4.69) is 38.1 Å². The van der Waals surface area contributed by atoms with Crippen molar-refractivity contribution in [2.75, 3.05) is 0 Å². The summed E-state index contributed by atoms with van der Waals surface area (Å²) in [5.41, 5.74) is 1.71. The van der Waals surface area contributed by atoms with Gasteiger partial charge in [-0.25, -0.2) is 0 Å². The van der Waals surface area contributed by atoms with Crippen LogP contribution in [-0.2, 0) is 16.6 Å². The molecular formula is C23H36O2. The lowest BCUT2D eigenvalue weighted by atomic mass is 9.66. The quantitative estimate of drug-likeness (QED) is 0.491. The van der Waals surface area contributed by atoms with Crippen LogP contribution in [-0.4, -0.2) is 11.1 Å². The fourth-order valence-corrected chi connectivity index (χ4v) is 4.34. The first-order chi connectivity index (χ1) is 12.1. The van der Waals surface area contributed by atoms with E-state index in [1.54, 1.807) is 0 Å². The molecule has 0 aromatic heterocycles. The Balaban J connectivity index is 1.99. The number of benzene rings is 1. The van der Waals surface area contributed by atoms with Gasteiger partial charge < -0.3 is 5.11 Å². The lowest BCUT2D eigenvalue weighted by Gasteiger charge is -2.37. The highest BCUT2D eigenvalue weighted by molar-refractivity contribution is 5.81. The standard InChI is InChI=1S/C23H36O2/c1-3-5-7-9-19-11-13-21(14-12-19)23(22(24)25)17-15-20(16-18-23)10-8-6-4-2/h11-14,20H,3-10,15-18H2,1-2H3,(H,24,25). The number of rotatable bonds is 10. The first-order valence-electron chi connectivity index (χ1n) is 10.4. The van der Waals surface area contributed by atoms with E-state index in [1.165, 1.54) is 50.5 Å². The van der Waals surface area contributed by atoms with E-state index >= 15 is 0 Å². The highest BCUT2D eigenvalue weighted by atomic mass is 16.4. The Labute approximate surface area is 154 Å². The molecule has 0 saturated heterocycles. The molecule has 0 amide bonds. The number of carboxylic acid groups (broad SMARTS) is 1. The molecule has 2 heteroatoms. The zero-order chi connectivity index (χ0) is 18.1. The molecular weight excluding hydrogens is 308 g/mol. The summed E-state index contributed by atoms with van der Waals surface area (Å²) in [6.07, 6.45) is 13.7. The van der Waals surface area contributed by atoms with Gasteiger partial charge in [0.15, 0.2) is 0 Å². The Morgan fingerprint density at radius 2 is 1.60 bits per heavy atom. The maximum absolute atomic E-state index is 12.1. The van der Waals surface area contributed by atoms with E-state index in [9.17, 15) is 9.90 Å². The van der Waals surface area contributed by atoms with Gasteiger partial charge in [-0.15, -0.1) is 0 Å². The Hall–Kier alpha value is -1.31. The van der Waals surface area contributed by atoms with Gasteiger partial charge in [-0.05, 0) is 55.6 Å². The average Bonchev–Trinajstić information content (AvgIpc) is 2.63. The van der Waals surface area contributed by atoms with Crippen LogP contribution in [0, 0.1) is 5.92 Å². The summed E-state index contributed by atoms with van der Waals surface area (Å²) in [5.74, 6) is 0.102. The van der Waals surface area contributed by atoms with Gasteiger partial charge in [0, 0.05) is 0 Å². The number of hydrogen-bond donors (Lipinski definition) is 1. The minimum Gasteiger partial charge on any atom is -0.481 e. The van der Waals surface area contributed by atoms with Crippen molar-refractivity contribution in [2.24, 2.45) is 5.92 Å². The van der Waals surface area contributed by atoms with Crippen LogP contribution in [0.4, 0.5) is 0 Å². The van der Waals surface area contributed by atoms with Gasteiger partial charge in [0.2, 0.25) is 0 Å². The second-order valence-corrected chi connectivity index (χ2v) is 7.98. The normalized spacial score (nSPS) is 23.5. The average molecular weight is 345 g/mol. The third-order valence-electron chi connectivity index (χ3n) is 6.16. The van der Waals surface area contributed by atoms with E-state index in [1.807, 2.05) is 0 Å². The molecule has 1 aromatic rings. The van der Waals surface area contributed by atoms with Crippen LogP contribution >= 0.6 is 0 Å². The molecule has 0 heterocycles. The molecule has 1 saturated carbocycles. The van der Waals surface area contributed by atoms with Gasteiger partial charge >= 0.3 is 5.97 Å². The summed E-state index contributed by atoms with van der Waals surface area (Å²) in [5, 5.41) is 9.99. The molecule has 0 unspecified atom stereocenters. The van der Waals surface area contributed by atoms with Gasteiger partial charge in [0.05, 0.1) is 5.41 Å². The van der Waals surface area contributed by atoms with Crippen molar-refractivity contribution in [2.45, 2.75) is 96.3 Å². The van der Waals surface area contributed by atoms with Gasteiger partial charge in [-0.3, -0.25) is 4.79 Å². The number of aliphatic carboxylic acids is 1. The molecule has 0 atom stereocenters. The van der Waals surface area contributed by atoms with Gasteiger partial charge in [0.25, 0.3) is 0 Å². The summed E-state index contributed by atoms with van der Waals surface area (Å²) < 4.78 is 0. The van der Waals surface area contributed by atoms with Crippen molar-refractivity contribution >= 4 is 5.97 Å². The molecule has 1 aliphatic carbocycles. The van der Waals surface area contributed by atoms with Crippen molar-refractivity contribution in [3.05, 3.63) is 35.4 Å². The van der Waals surface area contributed by atoms with E-state index < -0.39 is 11.4 Å². The second kappa shape index (κ2) is 9.99. The molecule has 0 bridgehead atoms. The van der Waals surface area contributed by atoms with Crippen molar-refractivity contribution in [1.29, 1.82) is 0 Å². The number of unbranched alkanes of at least 4 members (excludes halogenated alkanes) is 4. The number of hydrogen-bond acceptors (Lipinski definition) is 1. The summed E-state index contributed by atoms with van der Waals surface area (Å²) >= 11 is 0. The summed E-state index contributed by atoms with van der Waals surface area (Å²) in [4.78, 5) is 12.1. The summed E-state index contributed by atoms with van der Waals surface area (Å²) in [6, 6.07) is 8.49. The Kier molecular flexibility index (Phi) is 7.99. The molecule has 1 aliphatic rings. The molecule has 2 nitrogen and oxygen atoms in total.